The molecule has 1 atom stereocenters. The molecule has 0 unspecified atom stereocenters. The second kappa shape index (κ2) is 4.18. The molecule has 0 bridgehead atoms. The van der Waals surface area contributed by atoms with Crippen LogP contribution in [-0.4, -0.2) is 30.2 Å². The molecule has 1 aliphatic rings. The van der Waals surface area contributed by atoms with Crippen molar-refractivity contribution in [3.63, 3.8) is 0 Å². The van der Waals surface area contributed by atoms with Gasteiger partial charge in [0.1, 0.15) is 11.5 Å². The molecule has 0 aromatic carbocycles. The minimum atomic E-state index is -3.13. The van der Waals surface area contributed by atoms with E-state index in [0.29, 0.717) is 6.54 Å². The average molecular weight is 244 g/mol. The Morgan fingerprint density at radius 1 is 1.62 bits per heavy atom. The summed E-state index contributed by atoms with van der Waals surface area (Å²) in [6.07, 6.45) is 1.71. The standard InChI is InChI=1S/C10H16N2O3S/c1-3-16(13,14)12-6-4-5-10(12)9-7-8(2)15-11-9/h7,10H,3-6H2,1-2H3/t10-/m0/s1. The zero-order valence-electron chi connectivity index (χ0n) is 9.51. The lowest BCUT2D eigenvalue weighted by Crippen LogP contribution is -2.32. The van der Waals surface area contributed by atoms with Crippen molar-refractivity contribution >= 4 is 10.0 Å². The molecule has 1 aromatic rings. The van der Waals surface area contributed by atoms with Gasteiger partial charge in [-0.1, -0.05) is 5.16 Å². The number of sulfonamides is 1. The maximum absolute atomic E-state index is 11.9. The van der Waals surface area contributed by atoms with E-state index < -0.39 is 10.0 Å². The number of hydrogen-bond acceptors (Lipinski definition) is 4. The Morgan fingerprint density at radius 2 is 2.38 bits per heavy atom. The molecule has 90 valence electrons. The Hall–Kier alpha value is -0.880. The number of aromatic nitrogens is 1. The van der Waals surface area contributed by atoms with Crippen LogP contribution in [0.15, 0.2) is 10.6 Å². The van der Waals surface area contributed by atoms with Crippen molar-refractivity contribution in [3.8, 4) is 0 Å². The van der Waals surface area contributed by atoms with Crippen LogP contribution in [0.4, 0.5) is 0 Å². The monoisotopic (exact) mass is 244 g/mol. The topological polar surface area (TPSA) is 63.4 Å². The maximum atomic E-state index is 11.9. The molecule has 1 aliphatic heterocycles. The summed E-state index contributed by atoms with van der Waals surface area (Å²) in [6, 6.07) is 1.68. The fourth-order valence-corrected chi connectivity index (χ4v) is 3.42. The number of aryl methyl sites for hydroxylation is 1. The van der Waals surface area contributed by atoms with E-state index in [1.165, 1.54) is 0 Å². The molecule has 5 nitrogen and oxygen atoms in total. The summed E-state index contributed by atoms with van der Waals surface area (Å²) in [6.45, 7) is 4.07. The molecule has 6 heteroatoms. The van der Waals surface area contributed by atoms with Gasteiger partial charge in [-0.05, 0) is 26.7 Å². The summed E-state index contributed by atoms with van der Waals surface area (Å²) in [7, 11) is -3.13. The van der Waals surface area contributed by atoms with Gasteiger partial charge >= 0.3 is 0 Å². The first-order valence-corrected chi connectivity index (χ1v) is 7.08. The highest BCUT2D eigenvalue weighted by atomic mass is 32.2. The van der Waals surface area contributed by atoms with Crippen LogP contribution in [-0.2, 0) is 10.0 Å². The second-order valence-electron chi connectivity index (χ2n) is 4.03. The van der Waals surface area contributed by atoms with E-state index in [1.54, 1.807) is 11.2 Å². The largest absolute Gasteiger partial charge is 0.361 e. The smallest absolute Gasteiger partial charge is 0.214 e. The van der Waals surface area contributed by atoms with Gasteiger partial charge in [0.15, 0.2) is 0 Å². The van der Waals surface area contributed by atoms with E-state index in [1.807, 2.05) is 13.0 Å². The van der Waals surface area contributed by atoms with Gasteiger partial charge in [-0.15, -0.1) is 0 Å². The van der Waals surface area contributed by atoms with Crippen LogP contribution in [0, 0.1) is 6.92 Å². The van der Waals surface area contributed by atoms with Gasteiger partial charge in [0.05, 0.1) is 11.8 Å². The molecule has 1 fully saturated rings. The molecular formula is C10H16N2O3S. The molecule has 0 radical (unpaired) electrons. The van der Waals surface area contributed by atoms with E-state index in [2.05, 4.69) is 5.16 Å². The molecule has 0 saturated carbocycles. The van der Waals surface area contributed by atoms with Crippen LogP contribution in [0.2, 0.25) is 0 Å². The van der Waals surface area contributed by atoms with Crippen molar-refractivity contribution < 1.29 is 12.9 Å². The van der Waals surface area contributed by atoms with E-state index in [4.69, 9.17) is 4.52 Å². The lowest BCUT2D eigenvalue weighted by Gasteiger charge is -2.21. The molecular weight excluding hydrogens is 228 g/mol. The Kier molecular flexibility index (Phi) is 3.03. The third-order valence-electron chi connectivity index (χ3n) is 2.91. The predicted molar refractivity (Wildman–Crippen MR) is 59.4 cm³/mol. The third-order valence-corrected chi connectivity index (χ3v) is 4.79. The van der Waals surface area contributed by atoms with E-state index in [9.17, 15) is 8.42 Å². The lowest BCUT2D eigenvalue weighted by molar-refractivity contribution is 0.350. The fourth-order valence-electron chi connectivity index (χ4n) is 2.08. The fraction of sp³-hybridized carbons (Fsp3) is 0.700. The highest BCUT2D eigenvalue weighted by Gasteiger charge is 2.35. The summed E-state index contributed by atoms with van der Waals surface area (Å²) < 4.78 is 30.3. The quantitative estimate of drug-likeness (QED) is 0.807. The van der Waals surface area contributed by atoms with Crippen molar-refractivity contribution in [2.24, 2.45) is 0 Å². The first-order chi connectivity index (χ1) is 7.54. The van der Waals surface area contributed by atoms with E-state index >= 15 is 0 Å². The van der Waals surface area contributed by atoms with Crippen LogP contribution >= 0.6 is 0 Å². The van der Waals surface area contributed by atoms with Gasteiger partial charge in [0, 0.05) is 12.6 Å². The van der Waals surface area contributed by atoms with Crippen molar-refractivity contribution in [1.29, 1.82) is 0 Å². The molecule has 1 aromatic heterocycles. The SMILES string of the molecule is CCS(=O)(=O)N1CCC[C@H]1c1cc(C)on1. The molecule has 0 amide bonds. The van der Waals surface area contributed by atoms with Gasteiger partial charge in [-0.3, -0.25) is 0 Å². The molecule has 1 saturated heterocycles. The number of nitrogens with zero attached hydrogens (tertiary/aromatic N) is 2. The van der Waals surface area contributed by atoms with Crippen molar-refractivity contribution in [2.75, 3.05) is 12.3 Å². The van der Waals surface area contributed by atoms with Crippen LogP contribution in [0.1, 0.15) is 37.3 Å². The summed E-state index contributed by atoms with van der Waals surface area (Å²) in [5.41, 5.74) is 0.729. The van der Waals surface area contributed by atoms with Gasteiger partial charge < -0.3 is 4.52 Å². The summed E-state index contributed by atoms with van der Waals surface area (Å²) in [5, 5.41) is 3.91. The normalized spacial score (nSPS) is 22.8. The minimum absolute atomic E-state index is 0.137. The number of hydrogen-bond donors (Lipinski definition) is 0. The summed E-state index contributed by atoms with van der Waals surface area (Å²) in [4.78, 5) is 0. The zero-order valence-corrected chi connectivity index (χ0v) is 10.3. The van der Waals surface area contributed by atoms with E-state index in [0.717, 1.165) is 24.3 Å². The van der Waals surface area contributed by atoms with Gasteiger partial charge in [0.25, 0.3) is 0 Å². The first-order valence-electron chi connectivity index (χ1n) is 5.47. The third kappa shape index (κ3) is 1.99. The molecule has 2 rings (SSSR count). The van der Waals surface area contributed by atoms with Crippen LogP contribution < -0.4 is 0 Å². The van der Waals surface area contributed by atoms with Crippen molar-refractivity contribution in [3.05, 3.63) is 17.5 Å². The minimum Gasteiger partial charge on any atom is -0.361 e. The predicted octanol–water partition coefficient (Wildman–Crippen LogP) is 1.47. The Bertz CT molecular complexity index is 466. The summed E-state index contributed by atoms with van der Waals surface area (Å²) in [5.74, 6) is 0.858. The molecule has 0 spiro atoms. The van der Waals surface area contributed by atoms with Gasteiger partial charge in [-0.25, -0.2) is 8.42 Å². The Labute approximate surface area is 95.5 Å². The van der Waals surface area contributed by atoms with Crippen LogP contribution in [0.3, 0.4) is 0 Å². The van der Waals surface area contributed by atoms with Crippen molar-refractivity contribution in [1.82, 2.24) is 9.46 Å². The molecule has 0 aliphatic carbocycles. The molecule has 16 heavy (non-hydrogen) atoms. The second-order valence-corrected chi connectivity index (χ2v) is 6.24. The lowest BCUT2D eigenvalue weighted by atomic mass is 10.1. The highest BCUT2D eigenvalue weighted by molar-refractivity contribution is 7.89. The zero-order chi connectivity index (χ0) is 11.8. The average Bonchev–Trinajstić information content (AvgIpc) is 2.85. The van der Waals surface area contributed by atoms with E-state index in [-0.39, 0.29) is 11.8 Å². The maximum Gasteiger partial charge on any atom is 0.214 e. The van der Waals surface area contributed by atoms with Gasteiger partial charge in [0.2, 0.25) is 10.0 Å². The van der Waals surface area contributed by atoms with Crippen LogP contribution in [0.25, 0.3) is 0 Å². The molecule has 2 heterocycles. The number of rotatable bonds is 3. The summed E-state index contributed by atoms with van der Waals surface area (Å²) >= 11 is 0. The highest BCUT2D eigenvalue weighted by Crippen LogP contribution is 2.33. The van der Waals surface area contributed by atoms with Crippen molar-refractivity contribution in [2.45, 2.75) is 32.7 Å². The van der Waals surface area contributed by atoms with Crippen LogP contribution in [0.5, 0.6) is 0 Å². The first kappa shape index (κ1) is 11.6. The Morgan fingerprint density at radius 3 is 2.94 bits per heavy atom. The van der Waals surface area contributed by atoms with Gasteiger partial charge in [-0.2, -0.15) is 4.31 Å². The molecule has 0 N–H and O–H groups in total. The Balaban J connectivity index is 2.28.